The molecule has 0 spiro atoms. The van der Waals surface area contributed by atoms with Crippen molar-refractivity contribution in [2.24, 2.45) is 0 Å². The van der Waals surface area contributed by atoms with Crippen LogP contribution >= 0.6 is 12.4 Å². The maximum absolute atomic E-state index is 12.7. The molecule has 1 saturated heterocycles. The maximum Gasteiger partial charge on any atom is 0.338 e. The van der Waals surface area contributed by atoms with Gasteiger partial charge in [0.25, 0.3) is 0 Å². The van der Waals surface area contributed by atoms with E-state index >= 15 is 0 Å². The number of carboxylic acids is 1. The number of hydrogen-bond acceptors (Lipinski definition) is 4. The average molecular weight is 438 g/mol. The number of piperidine rings is 1. The van der Waals surface area contributed by atoms with Crippen LogP contribution in [-0.4, -0.2) is 36.2 Å². The van der Waals surface area contributed by atoms with Crippen molar-refractivity contribution in [2.45, 2.75) is 18.4 Å². The highest BCUT2D eigenvalue weighted by Gasteiger charge is 2.29. The molecule has 3 aromatic carbocycles. The molecule has 0 bridgehead atoms. The van der Waals surface area contributed by atoms with Gasteiger partial charge in [0, 0.05) is 12.5 Å². The summed E-state index contributed by atoms with van der Waals surface area (Å²) in [5.41, 5.74) is 3.73. The Hall–Kier alpha value is -3.15. The zero-order valence-corrected chi connectivity index (χ0v) is 17.7. The zero-order chi connectivity index (χ0) is 20.9. The number of carbonyl (C=O) groups excluding carboxylic acids is 1. The lowest BCUT2D eigenvalue weighted by Crippen LogP contribution is -2.42. The van der Waals surface area contributed by atoms with E-state index in [9.17, 15) is 9.59 Å². The molecule has 1 fully saturated rings. The van der Waals surface area contributed by atoms with Gasteiger partial charge in [0.05, 0.1) is 11.1 Å². The van der Waals surface area contributed by atoms with Gasteiger partial charge >= 0.3 is 11.9 Å². The zero-order valence-electron chi connectivity index (χ0n) is 16.9. The summed E-state index contributed by atoms with van der Waals surface area (Å²) in [5.74, 6) is -1.11. The van der Waals surface area contributed by atoms with Crippen LogP contribution in [0.1, 0.15) is 38.6 Å². The molecule has 0 aliphatic carbocycles. The molecule has 2 N–H and O–H groups in total. The third-order valence-electron chi connectivity index (χ3n) is 5.50. The minimum absolute atomic E-state index is 0. The van der Waals surface area contributed by atoms with Gasteiger partial charge in [-0.05, 0) is 53.9 Å². The Morgan fingerprint density at radius 2 is 1.42 bits per heavy atom. The standard InChI is InChI=1S/C25H23NO4.ClH/c27-24(28)20-10-6-17(7-11-20)18-8-12-21(13-9-18)25(29)30-23-16-26-15-14-22(23)19-4-2-1-3-5-19;/h1-13,22-23,26H,14-16H2,(H,27,28);1H/t22-,23+;/m0./s1. The number of carbonyl (C=O) groups is 2. The number of benzene rings is 3. The Kier molecular flexibility index (Phi) is 7.45. The van der Waals surface area contributed by atoms with Crippen LogP contribution < -0.4 is 5.32 Å². The summed E-state index contributed by atoms with van der Waals surface area (Å²) in [6.07, 6.45) is 0.713. The summed E-state index contributed by atoms with van der Waals surface area (Å²) in [7, 11) is 0. The van der Waals surface area contributed by atoms with Gasteiger partial charge in [-0.15, -0.1) is 12.4 Å². The van der Waals surface area contributed by atoms with Gasteiger partial charge in [-0.25, -0.2) is 9.59 Å². The monoisotopic (exact) mass is 437 g/mol. The lowest BCUT2D eigenvalue weighted by molar-refractivity contribution is 0.0182. The molecule has 1 heterocycles. The van der Waals surface area contributed by atoms with E-state index in [-0.39, 0.29) is 36.0 Å². The van der Waals surface area contributed by atoms with Crippen molar-refractivity contribution >= 4 is 24.3 Å². The van der Waals surface area contributed by atoms with E-state index in [0.29, 0.717) is 12.1 Å². The molecule has 0 unspecified atom stereocenters. The summed E-state index contributed by atoms with van der Waals surface area (Å²) >= 11 is 0. The topological polar surface area (TPSA) is 75.6 Å². The molecule has 1 aliphatic heterocycles. The number of hydrogen-bond donors (Lipinski definition) is 2. The van der Waals surface area contributed by atoms with Crippen molar-refractivity contribution in [3.63, 3.8) is 0 Å². The van der Waals surface area contributed by atoms with Crippen molar-refractivity contribution < 1.29 is 19.4 Å². The number of nitrogens with one attached hydrogen (secondary N) is 1. The quantitative estimate of drug-likeness (QED) is 0.562. The fourth-order valence-electron chi connectivity index (χ4n) is 3.84. The van der Waals surface area contributed by atoms with Crippen LogP contribution in [-0.2, 0) is 4.74 Å². The average Bonchev–Trinajstić information content (AvgIpc) is 2.80. The van der Waals surface area contributed by atoms with Gasteiger partial charge < -0.3 is 15.2 Å². The first-order valence-corrected chi connectivity index (χ1v) is 10.0. The molecule has 3 aromatic rings. The van der Waals surface area contributed by atoms with Crippen molar-refractivity contribution in [1.29, 1.82) is 0 Å². The molecule has 1 aliphatic rings. The fourth-order valence-corrected chi connectivity index (χ4v) is 3.84. The molecule has 0 radical (unpaired) electrons. The molecular formula is C25H24ClNO4. The van der Waals surface area contributed by atoms with Crippen LogP contribution in [0.4, 0.5) is 0 Å². The van der Waals surface area contributed by atoms with E-state index in [0.717, 1.165) is 24.1 Å². The van der Waals surface area contributed by atoms with E-state index in [1.165, 1.54) is 5.56 Å². The molecule has 5 nitrogen and oxygen atoms in total. The minimum atomic E-state index is -0.953. The largest absolute Gasteiger partial charge is 0.478 e. The molecule has 0 saturated carbocycles. The number of rotatable bonds is 5. The molecule has 0 aromatic heterocycles. The van der Waals surface area contributed by atoms with Crippen molar-refractivity contribution in [2.75, 3.05) is 13.1 Å². The first-order chi connectivity index (χ1) is 14.6. The normalized spacial score (nSPS) is 17.9. The molecular weight excluding hydrogens is 414 g/mol. The van der Waals surface area contributed by atoms with Crippen LogP contribution in [0, 0.1) is 0 Å². The number of ether oxygens (including phenoxy) is 1. The molecule has 2 atom stereocenters. The second-order valence-electron chi connectivity index (χ2n) is 7.41. The Balaban J connectivity index is 0.00000272. The summed E-state index contributed by atoms with van der Waals surface area (Å²) in [6, 6.07) is 24.0. The number of halogens is 1. The van der Waals surface area contributed by atoms with Gasteiger partial charge in [0.15, 0.2) is 0 Å². The highest BCUT2D eigenvalue weighted by molar-refractivity contribution is 5.91. The van der Waals surface area contributed by atoms with E-state index in [1.54, 1.807) is 36.4 Å². The van der Waals surface area contributed by atoms with E-state index < -0.39 is 5.97 Å². The molecule has 31 heavy (non-hydrogen) atoms. The summed E-state index contributed by atoms with van der Waals surface area (Å²) in [4.78, 5) is 23.7. The molecule has 160 valence electrons. The van der Waals surface area contributed by atoms with Gasteiger partial charge in [-0.1, -0.05) is 54.6 Å². The Morgan fingerprint density at radius 1 is 0.839 bits per heavy atom. The van der Waals surface area contributed by atoms with Gasteiger partial charge in [-0.2, -0.15) is 0 Å². The first-order valence-electron chi connectivity index (χ1n) is 10.0. The van der Waals surface area contributed by atoms with E-state index in [2.05, 4.69) is 17.4 Å². The van der Waals surface area contributed by atoms with Gasteiger partial charge in [0.1, 0.15) is 6.10 Å². The van der Waals surface area contributed by atoms with Crippen LogP contribution in [0.3, 0.4) is 0 Å². The molecule has 4 rings (SSSR count). The Morgan fingerprint density at radius 3 is 2.00 bits per heavy atom. The Bertz CT molecular complexity index is 1020. The molecule has 6 heteroatoms. The van der Waals surface area contributed by atoms with Crippen LogP contribution in [0.2, 0.25) is 0 Å². The second kappa shape index (κ2) is 10.2. The summed E-state index contributed by atoms with van der Waals surface area (Å²) in [6.45, 7) is 1.54. The van der Waals surface area contributed by atoms with E-state index in [4.69, 9.17) is 9.84 Å². The summed E-state index contributed by atoms with van der Waals surface area (Å²) < 4.78 is 5.87. The van der Waals surface area contributed by atoms with Gasteiger partial charge in [-0.3, -0.25) is 0 Å². The Labute approximate surface area is 187 Å². The lowest BCUT2D eigenvalue weighted by atomic mass is 9.88. The van der Waals surface area contributed by atoms with Crippen molar-refractivity contribution in [3.8, 4) is 11.1 Å². The van der Waals surface area contributed by atoms with Crippen molar-refractivity contribution in [1.82, 2.24) is 5.32 Å². The highest BCUT2D eigenvalue weighted by Crippen LogP contribution is 2.28. The second-order valence-corrected chi connectivity index (χ2v) is 7.41. The van der Waals surface area contributed by atoms with E-state index in [1.807, 2.05) is 30.3 Å². The fraction of sp³-hybridized carbons (Fsp3) is 0.200. The maximum atomic E-state index is 12.7. The SMILES string of the molecule is Cl.O=C(O)c1ccc(-c2ccc(C(=O)O[C@@H]3CNCC[C@H]3c3ccccc3)cc2)cc1. The third-order valence-corrected chi connectivity index (χ3v) is 5.50. The lowest BCUT2D eigenvalue weighted by Gasteiger charge is -2.32. The third kappa shape index (κ3) is 5.32. The predicted molar refractivity (Wildman–Crippen MR) is 122 cm³/mol. The number of esters is 1. The minimum Gasteiger partial charge on any atom is -0.478 e. The van der Waals surface area contributed by atoms with Crippen molar-refractivity contribution in [3.05, 3.63) is 95.6 Å². The predicted octanol–water partition coefficient (Wildman–Crippen LogP) is 4.78. The first kappa shape index (κ1) is 22.5. The van der Waals surface area contributed by atoms with Crippen LogP contribution in [0.15, 0.2) is 78.9 Å². The number of aromatic carboxylic acids is 1. The smallest absolute Gasteiger partial charge is 0.338 e. The number of carboxylic acid groups (broad SMARTS) is 1. The van der Waals surface area contributed by atoms with Crippen LogP contribution in [0.5, 0.6) is 0 Å². The van der Waals surface area contributed by atoms with Gasteiger partial charge in [0.2, 0.25) is 0 Å². The highest BCUT2D eigenvalue weighted by atomic mass is 35.5. The van der Waals surface area contributed by atoms with Crippen LogP contribution in [0.25, 0.3) is 11.1 Å². The molecule has 0 amide bonds. The summed E-state index contributed by atoms with van der Waals surface area (Å²) in [5, 5.41) is 12.3.